The number of para-hydroxylation sites is 1. The van der Waals surface area contributed by atoms with Crippen LogP contribution in [0.2, 0.25) is 0 Å². The summed E-state index contributed by atoms with van der Waals surface area (Å²) < 4.78 is 28.5. The molecule has 1 aromatic carbocycles. The van der Waals surface area contributed by atoms with Gasteiger partial charge in [-0.25, -0.2) is 0 Å². The van der Waals surface area contributed by atoms with E-state index in [0.29, 0.717) is 0 Å². The van der Waals surface area contributed by atoms with E-state index in [1.807, 2.05) is 0 Å². The third-order valence-electron chi connectivity index (χ3n) is 2.22. The summed E-state index contributed by atoms with van der Waals surface area (Å²) >= 11 is 5.43. The molecule has 1 rings (SSSR count). The lowest BCUT2D eigenvalue weighted by Crippen LogP contribution is -2.20. The van der Waals surface area contributed by atoms with E-state index in [9.17, 15) is 19.0 Å². The fourth-order valence-corrected chi connectivity index (χ4v) is 1.63. The fraction of sp³-hybridized carbons (Fsp3) is 0.455. The van der Waals surface area contributed by atoms with Gasteiger partial charge in [-0.2, -0.15) is 8.78 Å². The Morgan fingerprint density at radius 3 is 2.47 bits per heavy atom. The molecule has 2 atom stereocenters. The summed E-state index contributed by atoms with van der Waals surface area (Å²) in [4.78, 5) is 0. The lowest BCUT2D eigenvalue weighted by molar-refractivity contribution is -0.0539. The average molecular weight is 267 g/mol. The molecule has 0 aliphatic carbocycles. The maximum Gasteiger partial charge on any atom is 0.387 e. The van der Waals surface area contributed by atoms with E-state index in [2.05, 4.69) is 4.74 Å². The number of alkyl halides is 3. The van der Waals surface area contributed by atoms with Gasteiger partial charge in [0.15, 0.2) is 0 Å². The highest BCUT2D eigenvalue weighted by Crippen LogP contribution is 2.29. The number of hydrogen-bond acceptors (Lipinski definition) is 3. The quantitative estimate of drug-likeness (QED) is 0.777. The molecular weight excluding hydrogens is 254 g/mol. The van der Waals surface area contributed by atoms with E-state index in [-0.39, 0.29) is 23.6 Å². The molecule has 0 radical (unpaired) electrons. The predicted octanol–water partition coefficient (Wildman–Crippen LogP) is 2.31. The Labute approximate surface area is 103 Å². The van der Waals surface area contributed by atoms with Crippen molar-refractivity contribution in [2.75, 3.05) is 5.88 Å². The van der Waals surface area contributed by atoms with Crippen LogP contribution in [0.5, 0.6) is 5.75 Å². The first-order valence-corrected chi connectivity index (χ1v) is 5.55. The van der Waals surface area contributed by atoms with Gasteiger partial charge in [-0.15, -0.1) is 11.6 Å². The first kappa shape index (κ1) is 14.2. The van der Waals surface area contributed by atoms with Crippen molar-refractivity contribution in [1.29, 1.82) is 0 Å². The second kappa shape index (κ2) is 6.74. The van der Waals surface area contributed by atoms with Gasteiger partial charge >= 0.3 is 6.61 Å². The summed E-state index contributed by atoms with van der Waals surface area (Å²) in [5.41, 5.74) is 0.116. The van der Waals surface area contributed by atoms with Crippen molar-refractivity contribution in [3.63, 3.8) is 0 Å². The Balaban J connectivity index is 2.88. The number of hydrogen-bond donors (Lipinski definition) is 2. The lowest BCUT2D eigenvalue weighted by Gasteiger charge is -2.19. The van der Waals surface area contributed by atoms with Gasteiger partial charge in [0.05, 0.1) is 6.10 Å². The van der Waals surface area contributed by atoms with Gasteiger partial charge in [-0.3, -0.25) is 0 Å². The van der Waals surface area contributed by atoms with Crippen LogP contribution in [0, 0.1) is 0 Å². The van der Waals surface area contributed by atoms with Crippen molar-refractivity contribution in [3.8, 4) is 5.75 Å². The molecule has 0 amide bonds. The van der Waals surface area contributed by atoms with Crippen molar-refractivity contribution in [1.82, 2.24) is 0 Å². The van der Waals surface area contributed by atoms with E-state index >= 15 is 0 Å². The summed E-state index contributed by atoms with van der Waals surface area (Å²) in [6.45, 7) is -2.98. The van der Waals surface area contributed by atoms with Crippen LogP contribution in [0.3, 0.4) is 0 Å². The predicted molar refractivity (Wildman–Crippen MR) is 59.4 cm³/mol. The zero-order valence-electron chi connectivity index (χ0n) is 8.89. The van der Waals surface area contributed by atoms with Crippen molar-refractivity contribution in [2.24, 2.45) is 0 Å². The average Bonchev–Trinajstić information content (AvgIpc) is 2.28. The zero-order chi connectivity index (χ0) is 12.8. The second-order valence-electron chi connectivity index (χ2n) is 3.41. The topological polar surface area (TPSA) is 49.7 Å². The number of halogens is 3. The Hall–Kier alpha value is -0.910. The summed E-state index contributed by atoms with van der Waals surface area (Å²) in [7, 11) is 0. The zero-order valence-corrected chi connectivity index (χ0v) is 9.65. The highest BCUT2D eigenvalue weighted by molar-refractivity contribution is 6.17. The number of aliphatic hydroxyl groups excluding tert-OH is 2. The van der Waals surface area contributed by atoms with Gasteiger partial charge in [0, 0.05) is 11.4 Å². The maximum atomic E-state index is 12.1. The second-order valence-corrected chi connectivity index (χ2v) is 3.78. The van der Waals surface area contributed by atoms with Crippen molar-refractivity contribution < 1.29 is 23.7 Å². The van der Waals surface area contributed by atoms with Crippen molar-refractivity contribution in [2.45, 2.75) is 25.2 Å². The van der Waals surface area contributed by atoms with E-state index < -0.39 is 18.8 Å². The summed E-state index contributed by atoms with van der Waals surface area (Å²) in [5, 5.41) is 19.3. The van der Waals surface area contributed by atoms with E-state index in [1.54, 1.807) is 6.07 Å². The molecule has 2 unspecified atom stereocenters. The Morgan fingerprint density at radius 2 is 1.88 bits per heavy atom. The standard InChI is InChI=1S/C11H13ClF2O3/c12-6-5-8(15)10(16)7-3-1-2-4-9(7)17-11(13)14/h1-4,8,10-11,15-16H,5-6H2. The van der Waals surface area contributed by atoms with Crippen LogP contribution in [-0.4, -0.2) is 28.8 Å². The van der Waals surface area contributed by atoms with Crippen LogP contribution in [0.1, 0.15) is 18.1 Å². The number of benzene rings is 1. The van der Waals surface area contributed by atoms with E-state index in [0.717, 1.165) is 0 Å². The molecule has 0 spiro atoms. The third-order valence-corrected chi connectivity index (χ3v) is 2.44. The molecule has 0 fully saturated rings. The normalized spacial score (nSPS) is 14.7. The summed E-state index contributed by atoms with van der Waals surface area (Å²) in [6, 6.07) is 5.78. The lowest BCUT2D eigenvalue weighted by atomic mass is 10.0. The monoisotopic (exact) mass is 266 g/mol. The molecule has 0 aromatic heterocycles. The molecule has 17 heavy (non-hydrogen) atoms. The first-order chi connectivity index (χ1) is 8.06. The van der Waals surface area contributed by atoms with Crippen LogP contribution in [0.15, 0.2) is 24.3 Å². The number of ether oxygens (including phenoxy) is 1. The molecule has 0 aliphatic rings. The number of aliphatic hydroxyl groups is 2. The molecule has 0 heterocycles. The molecule has 0 bridgehead atoms. The van der Waals surface area contributed by atoms with Gasteiger partial charge in [0.25, 0.3) is 0 Å². The SMILES string of the molecule is OC(CCCl)C(O)c1ccccc1OC(F)F. The number of rotatable bonds is 6. The molecule has 3 nitrogen and oxygen atoms in total. The van der Waals surface area contributed by atoms with Crippen LogP contribution < -0.4 is 4.74 Å². The molecule has 0 saturated heterocycles. The Bertz CT molecular complexity index is 349. The molecule has 6 heteroatoms. The molecular formula is C11H13ClF2O3. The van der Waals surface area contributed by atoms with Crippen LogP contribution in [0.4, 0.5) is 8.78 Å². The van der Waals surface area contributed by atoms with Crippen LogP contribution in [0.25, 0.3) is 0 Å². The molecule has 1 aromatic rings. The van der Waals surface area contributed by atoms with Crippen LogP contribution in [-0.2, 0) is 0 Å². The minimum absolute atomic E-state index is 0.116. The molecule has 0 aliphatic heterocycles. The smallest absolute Gasteiger partial charge is 0.387 e. The maximum absolute atomic E-state index is 12.1. The highest BCUT2D eigenvalue weighted by Gasteiger charge is 2.22. The largest absolute Gasteiger partial charge is 0.434 e. The van der Waals surface area contributed by atoms with Gasteiger partial charge in [0.2, 0.25) is 0 Å². The minimum atomic E-state index is -2.98. The minimum Gasteiger partial charge on any atom is -0.434 e. The Morgan fingerprint density at radius 1 is 1.24 bits per heavy atom. The van der Waals surface area contributed by atoms with Gasteiger partial charge in [-0.1, -0.05) is 18.2 Å². The van der Waals surface area contributed by atoms with Gasteiger partial charge in [0.1, 0.15) is 11.9 Å². The molecule has 96 valence electrons. The van der Waals surface area contributed by atoms with Gasteiger partial charge < -0.3 is 14.9 Å². The van der Waals surface area contributed by atoms with E-state index in [4.69, 9.17) is 11.6 Å². The first-order valence-electron chi connectivity index (χ1n) is 5.02. The highest BCUT2D eigenvalue weighted by atomic mass is 35.5. The summed E-state index contributed by atoms with van der Waals surface area (Å²) in [5.74, 6) is 0.0134. The van der Waals surface area contributed by atoms with Gasteiger partial charge in [-0.05, 0) is 12.5 Å². The van der Waals surface area contributed by atoms with E-state index in [1.165, 1.54) is 18.2 Å². The summed E-state index contributed by atoms with van der Waals surface area (Å²) in [6.07, 6.45) is -2.26. The fourth-order valence-electron chi connectivity index (χ4n) is 1.41. The van der Waals surface area contributed by atoms with Crippen molar-refractivity contribution in [3.05, 3.63) is 29.8 Å². The molecule has 2 N–H and O–H groups in total. The third kappa shape index (κ3) is 4.11. The molecule has 0 saturated carbocycles. The Kier molecular flexibility index (Phi) is 5.61. The van der Waals surface area contributed by atoms with Crippen LogP contribution >= 0.6 is 11.6 Å². The van der Waals surface area contributed by atoms with Crippen molar-refractivity contribution >= 4 is 11.6 Å².